The van der Waals surface area contributed by atoms with Crippen LogP contribution in [0.3, 0.4) is 0 Å². The van der Waals surface area contributed by atoms with E-state index in [2.05, 4.69) is 59.1 Å². The van der Waals surface area contributed by atoms with Crippen molar-refractivity contribution < 1.29 is 4.48 Å². The number of rotatable bonds is 13. The largest absolute Gasteiger partial charge is 0.323 e. The third-order valence-electron chi connectivity index (χ3n) is 5.77. The smallest absolute Gasteiger partial charge is 0.112 e. The predicted octanol–water partition coefficient (Wildman–Crippen LogP) is 7.05. The molecule has 0 aliphatic carbocycles. The van der Waals surface area contributed by atoms with Crippen LogP contribution in [0, 0.1) is 6.92 Å². The molecule has 0 amide bonds. The van der Waals surface area contributed by atoms with Gasteiger partial charge in [-0.05, 0) is 32.3 Å². The van der Waals surface area contributed by atoms with Crippen molar-refractivity contribution in [1.29, 1.82) is 0 Å². The van der Waals surface area contributed by atoms with E-state index in [9.17, 15) is 0 Å². The van der Waals surface area contributed by atoms with Crippen LogP contribution in [-0.2, 0) is 0 Å². The molecule has 0 aliphatic heterocycles. The van der Waals surface area contributed by atoms with E-state index in [-0.39, 0.29) is 0 Å². The van der Waals surface area contributed by atoms with Gasteiger partial charge in [-0.15, -0.1) is 0 Å². The molecule has 0 bridgehead atoms. The van der Waals surface area contributed by atoms with Crippen LogP contribution in [0.25, 0.3) is 0 Å². The summed E-state index contributed by atoms with van der Waals surface area (Å²) in [5.41, 5.74) is 2.94. The Morgan fingerprint density at radius 1 is 0.792 bits per heavy atom. The van der Waals surface area contributed by atoms with Crippen LogP contribution in [0.15, 0.2) is 24.3 Å². The zero-order chi connectivity index (χ0) is 17.8. The molecule has 0 N–H and O–H groups in total. The second kappa shape index (κ2) is 11.7. The van der Waals surface area contributed by atoms with Crippen LogP contribution in [0.1, 0.15) is 95.2 Å². The lowest BCUT2D eigenvalue weighted by atomic mass is 9.99. The van der Waals surface area contributed by atoms with E-state index in [0.717, 1.165) is 4.48 Å². The van der Waals surface area contributed by atoms with Gasteiger partial charge in [0.1, 0.15) is 6.04 Å². The first-order chi connectivity index (χ1) is 11.5. The maximum absolute atomic E-state index is 2.39. The second-order valence-corrected chi connectivity index (χ2v) is 8.22. The first kappa shape index (κ1) is 21.2. The summed E-state index contributed by atoms with van der Waals surface area (Å²) < 4.78 is 1.10. The Morgan fingerprint density at radius 2 is 1.29 bits per heavy atom. The van der Waals surface area contributed by atoms with Gasteiger partial charge in [0, 0.05) is 5.56 Å². The van der Waals surface area contributed by atoms with E-state index < -0.39 is 0 Å². The summed E-state index contributed by atoms with van der Waals surface area (Å²) in [7, 11) is 4.79. The van der Waals surface area contributed by atoms with Crippen LogP contribution in [-0.4, -0.2) is 25.1 Å². The topological polar surface area (TPSA) is 0 Å². The molecule has 0 saturated heterocycles. The first-order valence-corrected chi connectivity index (χ1v) is 10.4. The predicted molar refractivity (Wildman–Crippen MR) is 108 cm³/mol. The molecule has 1 aromatic carbocycles. The minimum Gasteiger partial charge on any atom is -0.323 e. The number of benzene rings is 1. The van der Waals surface area contributed by atoms with Crippen LogP contribution in [0.2, 0.25) is 0 Å². The quantitative estimate of drug-likeness (QED) is 0.268. The molecule has 138 valence electrons. The summed E-state index contributed by atoms with van der Waals surface area (Å²) in [6, 6.07) is 9.45. The molecular formula is C23H42N+. The van der Waals surface area contributed by atoms with Crippen molar-refractivity contribution in [1.82, 2.24) is 0 Å². The molecule has 1 unspecified atom stereocenters. The van der Waals surface area contributed by atoms with Crippen molar-refractivity contribution in [2.45, 2.75) is 91.0 Å². The van der Waals surface area contributed by atoms with E-state index in [4.69, 9.17) is 0 Å². The Bertz CT molecular complexity index is 435. The summed E-state index contributed by atoms with van der Waals surface area (Å²) >= 11 is 0. The highest BCUT2D eigenvalue weighted by Crippen LogP contribution is 2.27. The van der Waals surface area contributed by atoms with E-state index in [1.165, 1.54) is 81.9 Å². The second-order valence-electron chi connectivity index (χ2n) is 8.22. The molecule has 1 nitrogen and oxygen atoms in total. The molecule has 24 heavy (non-hydrogen) atoms. The summed E-state index contributed by atoms with van der Waals surface area (Å²) in [5.74, 6) is 0. The Labute approximate surface area is 152 Å². The molecule has 0 radical (unpaired) electrons. The van der Waals surface area contributed by atoms with Gasteiger partial charge in [0.15, 0.2) is 0 Å². The molecule has 0 heterocycles. The fourth-order valence-corrected chi connectivity index (χ4v) is 3.63. The van der Waals surface area contributed by atoms with Crippen molar-refractivity contribution in [3.63, 3.8) is 0 Å². The molecule has 0 fully saturated rings. The molecule has 0 aliphatic rings. The van der Waals surface area contributed by atoms with Crippen molar-refractivity contribution in [3.05, 3.63) is 35.4 Å². The number of unbranched alkanes of at least 4 members (excludes halogenated alkanes) is 9. The lowest BCUT2D eigenvalue weighted by Gasteiger charge is -2.37. The molecular weight excluding hydrogens is 290 g/mol. The standard InChI is InChI=1S/C23H42N/c1-6-7-8-9-10-11-12-13-14-17-20-24(4,5)22(3)23-19-16-15-18-21(23)2/h15-16,18-19,22H,6-14,17,20H2,1-5H3/q+1. The maximum atomic E-state index is 2.39. The first-order valence-electron chi connectivity index (χ1n) is 10.4. The fraction of sp³-hybridized carbons (Fsp3) is 0.739. The van der Waals surface area contributed by atoms with Crippen molar-refractivity contribution in [2.24, 2.45) is 0 Å². The van der Waals surface area contributed by atoms with Crippen molar-refractivity contribution >= 4 is 0 Å². The summed E-state index contributed by atoms with van der Waals surface area (Å²) in [5, 5.41) is 0. The summed E-state index contributed by atoms with van der Waals surface area (Å²) in [6.45, 7) is 8.21. The Morgan fingerprint density at radius 3 is 1.83 bits per heavy atom. The number of hydrogen-bond donors (Lipinski definition) is 0. The zero-order valence-corrected chi connectivity index (χ0v) is 17.1. The van der Waals surface area contributed by atoms with Gasteiger partial charge in [-0.2, -0.15) is 0 Å². The lowest BCUT2D eigenvalue weighted by Crippen LogP contribution is -2.42. The molecule has 0 saturated carbocycles. The zero-order valence-electron chi connectivity index (χ0n) is 17.1. The van der Waals surface area contributed by atoms with Gasteiger partial charge >= 0.3 is 0 Å². The van der Waals surface area contributed by atoms with Gasteiger partial charge in [0.05, 0.1) is 20.6 Å². The Hall–Kier alpha value is -0.820. The number of quaternary nitrogens is 1. The van der Waals surface area contributed by atoms with Crippen molar-refractivity contribution in [3.8, 4) is 0 Å². The van der Waals surface area contributed by atoms with Gasteiger partial charge in [0.2, 0.25) is 0 Å². The number of hydrogen-bond acceptors (Lipinski definition) is 0. The van der Waals surface area contributed by atoms with E-state index in [0.29, 0.717) is 6.04 Å². The maximum Gasteiger partial charge on any atom is 0.112 e. The SMILES string of the molecule is CCCCCCCCCCCC[N+](C)(C)C(C)c1ccccc1C. The van der Waals surface area contributed by atoms with Gasteiger partial charge in [0.25, 0.3) is 0 Å². The molecule has 1 atom stereocenters. The summed E-state index contributed by atoms with van der Waals surface area (Å²) in [4.78, 5) is 0. The van der Waals surface area contributed by atoms with E-state index in [1.54, 1.807) is 0 Å². The van der Waals surface area contributed by atoms with Gasteiger partial charge in [-0.3, -0.25) is 0 Å². The molecule has 1 aromatic rings. The Kier molecular flexibility index (Phi) is 10.3. The van der Waals surface area contributed by atoms with E-state index in [1.807, 2.05) is 0 Å². The van der Waals surface area contributed by atoms with Crippen LogP contribution >= 0.6 is 0 Å². The van der Waals surface area contributed by atoms with Crippen LogP contribution in [0.4, 0.5) is 0 Å². The number of nitrogens with zero attached hydrogens (tertiary/aromatic N) is 1. The highest BCUT2D eigenvalue weighted by molar-refractivity contribution is 5.27. The molecule has 1 heteroatoms. The van der Waals surface area contributed by atoms with E-state index >= 15 is 0 Å². The lowest BCUT2D eigenvalue weighted by molar-refractivity contribution is -0.919. The number of aryl methyl sites for hydroxylation is 1. The average Bonchev–Trinajstić information content (AvgIpc) is 2.56. The summed E-state index contributed by atoms with van der Waals surface area (Å²) in [6.07, 6.45) is 14.2. The average molecular weight is 333 g/mol. The van der Waals surface area contributed by atoms with Crippen molar-refractivity contribution in [2.75, 3.05) is 20.6 Å². The highest BCUT2D eigenvalue weighted by Gasteiger charge is 2.25. The van der Waals surface area contributed by atoms with Crippen LogP contribution < -0.4 is 0 Å². The third-order valence-corrected chi connectivity index (χ3v) is 5.77. The van der Waals surface area contributed by atoms with Gasteiger partial charge in [-0.1, -0.05) is 82.6 Å². The Balaban J connectivity index is 2.18. The van der Waals surface area contributed by atoms with Gasteiger partial charge in [-0.25, -0.2) is 0 Å². The molecule has 0 aromatic heterocycles. The fourth-order valence-electron chi connectivity index (χ4n) is 3.63. The molecule has 1 rings (SSSR count). The van der Waals surface area contributed by atoms with Crippen LogP contribution in [0.5, 0.6) is 0 Å². The monoisotopic (exact) mass is 332 g/mol. The van der Waals surface area contributed by atoms with Gasteiger partial charge < -0.3 is 4.48 Å². The minimum absolute atomic E-state index is 0.574. The minimum atomic E-state index is 0.574. The molecule has 0 spiro atoms. The third kappa shape index (κ3) is 7.83. The normalized spacial score (nSPS) is 13.2. The highest BCUT2D eigenvalue weighted by atomic mass is 15.3.